The molecule has 0 saturated carbocycles. The third-order valence-corrected chi connectivity index (χ3v) is 3.28. The quantitative estimate of drug-likeness (QED) is 0.926. The number of carbonyl (C=O) groups excluding carboxylic acids is 1. The molecule has 0 aliphatic carbocycles. The van der Waals surface area contributed by atoms with Crippen molar-refractivity contribution in [2.75, 3.05) is 0 Å². The minimum absolute atomic E-state index is 0.0154. The van der Waals surface area contributed by atoms with Crippen LogP contribution in [0.4, 0.5) is 0 Å². The molecular formula is C15H20N4O2. The molecule has 0 aliphatic rings. The van der Waals surface area contributed by atoms with Gasteiger partial charge in [0.15, 0.2) is 0 Å². The van der Waals surface area contributed by atoms with Gasteiger partial charge in [-0.15, -0.1) is 0 Å². The van der Waals surface area contributed by atoms with Crippen LogP contribution >= 0.6 is 0 Å². The Morgan fingerprint density at radius 1 is 1.43 bits per heavy atom. The summed E-state index contributed by atoms with van der Waals surface area (Å²) in [5.41, 5.74) is 1.48. The SMILES string of the molecule is Cc1ccc(C(=O)N(Cc2cnn(C)c2)C(C)C)c(=O)[nH]1. The molecule has 112 valence electrons. The third-order valence-electron chi connectivity index (χ3n) is 3.28. The van der Waals surface area contributed by atoms with E-state index in [2.05, 4.69) is 10.1 Å². The van der Waals surface area contributed by atoms with E-state index < -0.39 is 0 Å². The van der Waals surface area contributed by atoms with Gasteiger partial charge in [0.1, 0.15) is 5.56 Å². The molecule has 0 aliphatic heterocycles. The molecule has 21 heavy (non-hydrogen) atoms. The predicted molar refractivity (Wildman–Crippen MR) is 80.0 cm³/mol. The van der Waals surface area contributed by atoms with Crippen LogP contribution in [-0.2, 0) is 13.6 Å². The van der Waals surface area contributed by atoms with Crippen molar-refractivity contribution in [3.05, 3.63) is 51.7 Å². The van der Waals surface area contributed by atoms with Crippen molar-refractivity contribution < 1.29 is 4.79 Å². The van der Waals surface area contributed by atoms with Crippen LogP contribution in [0.1, 0.15) is 35.5 Å². The summed E-state index contributed by atoms with van der Waals surface area (Å²) in [4.78, 5) is 28.9. The first-order chi connectivity index (χ1) is 9.88. The summed E-state index contributed by atoms with van der Waals surface area (Å²) >= 11 is 0. The second kappa shape index (κ2) is 5.95. The molecule has 1 N–H and O–H groups in total. The lowest BCUT2D eigenvalue weighted by atomic mass is 10.1. The van der Waals surface area contributed by atoms with Crippen molar-refractivity contribution in [3.63, 3.8) is 0 Å². The van der Waals surface area contributed by atoms with Crippen molar-refractivity contribution in [1.82, 2.24) is 19.7 Å². The highest BCUT2D eigenvalue weighted by molar-refractivity contribution is 5.94. The largest absolute Gasteiger partial charge is 0.332 e. The second-order valence-corrected chi connectivity index (χ2v) is 5.43. The number of amides is 1. The van der Waals surface area contributed by atoms with E-state index in [0.717, 1.165) is 11.3 Å². The Morgan fingerprint density at radius 3 is 2.67 bits per heavy atom. The first-order valence-corrected chi connectivity index (χ1v) is 6.87. The van der Waals surface area contributed by atoms with Crippen LogP contribution < -0.4 is 5.56 Å². The van der Waals surface area contributed by atoms with Crippen molar-refractivity contribution in [1.29, 1.82) is 0 Å². The molecule has 0 saturated heterocycles. The summed E-state index contributed by atoms with van der Waals surface area (Å²) in [7, 11) is 1.83. The van der Waals surface area contributed by atoms with E-state index in [1.54, 1.807) is 34.8 Å². The Balaban J connectivity index is 2.29. The Labute approximate surface area is 123 Å². The van der Waals surface area contributed by atoms with Crippen molar-refractivity contribution in [2.24, 2.45) is 7.05 Å². The van der Waals surface area contributed by atoms with Gasteiger partial charge in [-0.2, -0.15) is 5.10 Å². The highest BCUT2D eigenvalue weighted by Crippen LogP contribution is 2.11. The Bertz CT molecular complexity index is 700. The van der Waals surface area contributed by atoms with Crippen molar-refractivity contribution in [2.45, 2.75) is 33.4 Å². The Morgan fingerprint density at radius 2 is 2.14 bits per heavy atom. The number of nitrogens with zero attached hydrogens (tertiary/aromatic N) is 3. The van der Waals surface area contributed by atoms with E-state index in [1.807, 2.05) is 27.1 Å². The minimum atomic E-state index is -0.350. The number of H-pyrrole nitrogens is 1. The van der Waals surface area contributed by atoms with E-state index in [1.165, 1.54) is 0 Å². The molecule has 2 heterocycles. The van der Waals surface area contributed by atoms with Crippen LogP contribution in [0, 0.1) is 6.92 Å². The average molecular weight is 288 g/mol. The molecule has 0 spiro atoms. The van der Waals surface area contributed by atoms with Gasteiger partial charge in [-0.25, -0.2) is 0 Å². The van der Waals surface area contributed by atoms with Crippen LogP contribution in [0.25, 0.3) is 0 Å². The fraction of sp³-hybridized carbons (Fsp3) is 0.400. The van der Waals surface area contributed by atoms with Gasteiger partial charge in [0.2, 0.25) is 0 Å². The average Bonchev–Trinajstić information content (AvgIpc) is 2.80. The molecule has 0 bridgehead atoms. The number of pyridine rings is 1. The van der Waals surface area contributed by atoms with Gasteiger partial charge in [-0.05, 0) is 32.9 Å². The fourth-order valence-corrected chi connectivity index (χ4v) is 2.13. The van der Waals surface area contributed by atoms with Gasteiger partial charge < -0.3 is 9.88 Å². The first-order valence-electron chi connectivity index (χ1n) is 6.87. The lowest BCUT2D eigenvalue weighted by Crippen LogP contribution is -2.39. The van der Waals surface area contributed by atoms with Gasteiger partial charge in [0.05, 0.1) is 6.20 Å². The monoisotopic (exact) mass is 288 g/mol. The highest BCUT2D eigenvalue weighted by Gasteiger charge is 2.22. The molecule has 2 aromatic rings. The number of hydrogen-bond acceptors (Lipinski definition) is 3. The Kier molecular flexibility index (Phi) is 4.26. The van der Waals surface area contributed by atoms with Crippen LogP contribution in [-0.4, -0.2) is 31.6 Å². The molecule has 2 aromatic heterocycles. The van der Waals surface area contributed by atoms with Crippen molar-refractivity contribution in [3.8, 4) is 0 Å². The van der Waals surface area contributed by atoms with Crippen LogP contribution in [0.2, 0.25) is 0 Å². The fourth-order valence-electron chi connectivity index (χ4n) is 2.13. The molecule has 2 rings (SSSR count). The lowest BCUT2D eigenvalue weighted by Gasteiger charge is -2.26. The molecule has 0 unspecified atom stereocenters. The highest BCUT2D eigenvalue weighted by atomic mass is 16.2. The van der Waals surface area contributed by atoms with Crippen LogP contribution in [0.3, 0.4) is 0 Å². The van der Waals surface area contributed by atoms with Gasteiger partial charge >= 0.3 is 0 Å². The summed E-state index contributed by atoms with van der Waals surface area (Å²) in [6.45, 7) is 6.07. The number of rotatable bonds is 4. The van der Waals surface area contributed by atoms with Gasteiger partial charge in [0.25, 0.3) is 11.5 Å². The van der Waals surface area contributed by atoms with Crippen molar-refractivity contribution >= 4 is 5.91 Å². The standard InChI is InChI=1S/C15H20N4O2/c1-10(2)19(9-12-7-16-18(4)8-12)15(21)13-6-5-11(3)17-14(13)20/h5-8,10H,9H2,1-4H3,(H,17,20). The molecule has 6 nitrogen and oxygen atoms in total. The summed E-state index contributed by atoms with van der Waals surface area (Å²) in [6, 6.07) is 3.30. The smallest absolute Gasteiger partial charge is 0.260 e. The molecule has 0 aromatic carbocycles. The molecule has 0 fully saturated rings. The summed E-state index contributed by atoms with van der Waals surface area (Å²) < 4.78 is 1.69. The first kappa shape index (κ1) is 15.0. The number of aromatic nitrogens is 3. The number of nitrogens with one attached hydrogen (secondary N) is 1. The molecule has 0 radical (unpaired) electrons. The maximum absolute atomic E-state index is 12.6. The zero-order valence-electron chi connectivity index (χ0n) is 12.8. The third kappa shape index (κ3) is 3.39. The van der Waals surface area contributed by atoms with Crippen LogP contribution in [0.15, 0.2) is 29.3 Å². The molecule has 6 heteroatoms. The van der Waals surface area contributed by atoms with Gasteiger partial charge in [-0.3, -0.25) is 14.3 Å². The molecule has 1 amide bonds. The predicted octanol–water partition coefficient (Wildman–Crippen LogP) is 1.47. The lowest BCUT2D eigenvalue weighted by molar-refractivity contribution is 0.0688. The van der Waals surface area contributed by atoms with E-state index in [4.69, 9.17) is 0 Å². The Hall–Kier alpha value is -2.37. The normalized spacial score (nSPS) is 10.9. The molecular weight excluding hydrogens is 268 g/mol. The summed E-state index contributed by atoms with van der Waals surface area (Å²) in [5.74, 6) is -0.268. The zero-order valence-corrected chi connectivity index (χ0v) is 12.8. The molecule has 0 atom stereocenters. The maximum Gasteiger partial charge on any atom is 0.260 e. The maximum atomic E-state index is 12.6. The minimum Gasteiger partial charge on any atom is -0.332 e. The van der Waals surface area contributed by atoms with Gasteiger partial charge in [-0.1, -0.05) is 0 Å². The number of aromatic amines is 1. The second-order valence-electron chi connectivity index (χ2n) is 5.43. The summed E-state index contributed by atoms with van der Waals surface area (Å²) in [6.07, 6.45) is 3.59. The number of carbonyl (C=O) groups is 1. The topological polar surface area (TPSA) is 71.0 Å². The van der Waals surface area contributed by atoms with Crippen LogP contribution in [0.5, 0.6) is 0 Å². The van der Waals surface area contributed by atoms with E-state index in [9.17, 15) is 9.59 Å². The number of hydrogen-bond donors (Lipinski definition) is 1. The summed E-state index contributed by atoms with van der Waals surface area (Å²) in [5, 5.41) is 4.10. The van der Waals surface area contributed by atoms with E-state index in [0.29, 0.717) is 6.54 Å². The number of aryl methyl sites for hydroxylation is 2. The van der Waals surface area contributed by atoms with E-state index >= 15 is 0 Å². The van der Waals surface area contributed by atoms with E-state index in [-0.39, 0.29) is 23.1 Å². The van der Waals surface area contributed by atoms with Gasteiger partial charge in [0, 0.05) is 37.1 Å². The zero-order chi connectivity index (χ0) is 15.6.